The Kier molecular flexibility index (Phi) is 2.64. The van der Waals surface area contributed by atoms with Crippen LogP contribution in [-0.2, 0) is 0 Å². The van der Waals surface area contributed by atoms with Gasteiger partial charge in [0.1, 0.15) is 17.8 Å². The Hall–Kier alpha value is -1.48. The van der Waals surface area contributed by atoms with E-state index < -0.39 is 11.6 Å². The molecule has 0 fully saturated rings. The molecule has 0 aliphatic heterocycles. The molecule has 2 aromatic rings. The predicted octanol–water partition coefficient (Wildman–Crippen LogP) is 3.48. The topological polar surface area (TPSA) is 12.9 Å². The van der Waals surface area contributed by atoms with E-state index in [0.29, 0.717) is 0 Å². The second kappa shape index (κ2) is 3.95. The summed E-state index contributed by atoms with van der Waals surface area (Å²) in [5.41, 5.74) is 0.100. The maximum absolute atomic E-state index is 13.4. The highest BCUT2D eigenvalue weighted by atomic mass is 35.5. The summed E-state index contributed by atoms with van der Waals surface area (Å²) in [6.07, 6.45) is 3.82. The van der Waals surface area contributed by atoms with Crippen LogP contribution in [0.5, 0.6) is 0 Å². The summed E-state index contributed by atoms with van der Waals surface area (Å²) in [5, 5.41) is 0.0986. The third kappa shape index (κ3) is 1.83. The van der Waals surface area contributed by atoms with E-state index in [-0.39, 0.29) is 16.1 Å². The maximum Gasteiger partial charge on any atom is 0.134 e. The summed E-state index contributed by atoms with van der Waals surface area (Å²) in [4.78, 5) is 3.63. The first-order chi connectivity index (χ1) is 7.20. The first kappa shape index (κ1) is 10.1. The number of halogens is 3. The van der Waals surface area contributed by atoms with Crippen molar-refractivity contribution in [1.29, 1.82) is 0 Å². The molecule has 2 rings (SSSR count). The van der Waals surface area contributed by atoms with Crippen molar-refractivity contribution in [3.8, 4) is 11.1 Å². The Morgan fingerprint density at radius 1 is 1.13 bits per heavy atom. The highest BCUT2D eigenvalue weighted by Crippen LogP contribution is 2.30. The molecule has 1 radical (unpaired) electrons. The van der Waals surface area contributed by atoms with Gasteiger partial charge in [-0.3, -0.25) is 4.98 Å². The van der Waals surface area contributed by atoms with Crippen molar-refractivity contribution >= 4 is 11.6 Å². The smallest absolute Gasteiger partial charge is 0.134 e. The van der Waals surface area contributed by atoms with E-state index >= 15 is 0 Å². The van der Waals surface area contributed by atoms with E-state index in [1.165, 1.54) is 30.5 Å². The highest BCUT2D eigenvalue weighted by molar-refractivity contribution is 6.33. The average Bonchev–Trinajstić information content (AvgIpc) is 2.20. The third-order valence-electron chi connectivity index (χ3n) is 1.95. The molecule has 1 aromatic carbocycles. The fourth-order valence-electron chi connectivity index (χ4n) is 1.29. The maximum atomic E-state index is 13.4. The first-order valence-electron chi connectivity index (χ1n) is 4.16. The minimum Gasteiger partial charge on any atom is -0.253 e. The fraction of sp³-hybridized carbons (Fsp3) is 0. The van der Waals surface area contributed by atoms with E-state index in [1.54, 1.807) is 0 Å². The lowest BCUT2D eigenvalue weighted by atomic mass is 10.1. The van der Waals surface area contributed by atoms with Gasteiger partial charge in [-0.15, -0.1) is 0 Å². The molecule has 0 atom stereocenters. The van der Waals surface area contributed by atoms with E-state index in [1.807, 2.05) is 0 Å². The van der Waals surface area contributed by atoms with Crippen LogP contribution in [0.15, 0.2) is 30.5 Å². The quantitative estimate of drug-likeness (QED) is 0.723. The predicted molar refractivity (Wildman–Crippen MR) is 53.4 cm³/mol. The molecule has 0 amide bonds. The molecule has 15 heavy (non-hydrogen) atoms. The van der Waals surface area contributed by atoms with Crippen molar-refractivity contribution in [1.82, 2.24) is 4.98 Å². The van der Waals surface area contributed by atoms with E-state index in [9.17, 15) is 8.78 Å². The standard InChI is InChI=1S/C11H5ClF2N/c12-8-6-15-5-4-7(8)11-9(13)2-1-3-10(11)14/h1-5H. The molecule has 0 unspecified atom stereocenters. The number of hydrogen-bond donors (Lipinski definition) is 0. The molecule has 4 heteroatoms. The Morgan fingerprint density at radius 3 is 2.40 bits per heavy atom. The Bertz CT molecular complexity index is 479. The average molecular weight is 225 g/mol. The zero-order chi connectivity index (χ0) is 10.8. The van der Waals surface area contributed by atoms with Crippen molar-refractivity contribution in [2.24, 2.45) is 0 Å². The summed E-state index contributed by atoms with van der Waals surface area (Å²) in [5.74, 6) is -1.31. The second-order valence-electron chi connectivity index (χ2n) is 2.88. The third-order valence-corrected chi connectivity index (χ3v) is 2.24. The number of pyridine rings is 1. The second-order valence-corrected chi connectivity index (χ2v) is 3.26. The number of nitrogens with zero attached hydrogens (tertiary/aromatic N) is 1. The number of benzene rings is 1. The molecule has 0 N–H and O–H groups in total. The summed E-state index contributed by atoms with van der Waals surface area (Å²) < 4.78 is 26.8. The molecule has 0 aliphatic rings. The molecular formula is C11H5ClF2N. The van der Waals surface area contributed by atoms with Crippen molar-refractivity contribution in [2.45, 2.75) is 0 Å². The summed E-state index contributed by atoms with van der Waals surface area (Å²) >= 11 is 5.75. The first-order valence-corrected chi connectivity index (χ1v) is 4.54. The zero-order valence-electron chi connectivity index (χ0n) is 7.47. The molecule has 1 aromatic heterocycles. The highest BCUT2D eigenvalue weighted by Gasteiger charge is 2.13. The molecule has 1 heterocycles. The summed E-state index contributed by atoms with van der Waals surface area (Å²) in [7, 11) is 0. The van der Waals surface area contributed by atoms with Crippen molar-refractivity contribution in [2.75, 3.05) is 0 Å². The van der Waals surface area contributed by atoms with Crippen LogP contribution < -0.4 is 0 Å². The Balaban J connectivity index is 2.69. The van der Waals surface area contributed by atoms with Gasteiger partial charge in [0.25, 0.3) is 0 Å². The fourth-order valence-corrected chi connectivity index (χ4v) is 1.49. The minimum absolute atomic E-state index is 0.0986. The van der Waals surface area contributed by atoms with Crippen molar-refractivity contribution in [3.05, 3.63) is 53.3 Å². The Morgan fingerprint density at radius 2 is 1.80 bits per heavy atom. The van der Waals surface area contributed by atoms with Crippen LogP contribution in [0.25, 0.3) is 11.1 Å². The van der Waals surface area contributed by atoms with Crippen LogP contribution in [0.4, 0.5) is 8.78 Å². The molecule has 1 nitrogen and oxygen atoms in total. The lowest BCUT2D eigenvalue weighted by Crippen LogP contribution is -1.90. The van der Waals surface area contributed by atoms with Gasteiger partial charge in [0.05, 0.1) is 10.6 Å². The largest absolute Gasteiger partial charge is 0.253 e. The van der Waals surface area contributed by atoms with Gasteiger partial charge in [-0.25, -0.2) is 8.78 Å². The number of hydrogen-bond acceptors (Lipinski definition) is 1. The van der Waals surface area contributed by atoms with E-state index in [4.69, 9.17) is 11.6 Å². The number of rotatable bonds is 1. The van der Waals surface area contributed by atoms with Gasteiger partial charge in [-0.2, -0.15) is 0 Å². The van der Waals surface area contributed by atoms with Crippen LogP contribution >= 0.6 is 11.6 Å². The molecule has 0 bridgehead atoms. The lowest BCUT2D eigenvalue weighted by Gasteiger charge is -2.05. The molecule has 0 aliphatic carbocycles. The van der Waals surface area contributed by atoms with Gasteiger partial charge in [-0.1, -0.05) is 17.7 Å². The van der Waals surface area contributed by atoms with Gasteiger partial charge in [0.2, 0.25) is 0 Å². The van der Waals surface area contributed by atoms with E-state index in [2.05, 4.69) is 11.2 Å². The van der Waals surface area contributed by atoms with E-state index in [0.717, 1.165) is 0 Å². The molecule has 0 saturated heterocycles. The van der Waals surface area contributed by atoms with Crippen LogP contribution in [0.1, 0.15) is 0 Å². The van der Waals surface area contributed by atoms with Gasteiger partial charge >= 0.3 is 0 Å². The normalized spacial score (nSPS) is 10.3. The number of aromatic nitrogens is 1. The van der Waals surface area contributed by atoms with Gasteiger partial charge in [0.15, 0.2) is 0 Å². The minimum atomic E-state index is -0.656. The Labute approximate surface area is 90.3 Å². The van der Waals surface area contributed by atoms with Gasteiger partial charge in [-0.05, 0) is 18.2 Å². The lowest BCUT2D eigenvalue weighted by molar-refractivity contribution is 0.589. The SMILES string of the molecule is Fc1cccc(F)c1-c1ccn[c]c1Cl. The van der Waals surface area contributed by atoms with Crippen molar-refractivity contribution < 1.29 is 8.78 Å². The van der Waals surface area contributed by atoms with Crippen molar-refractivity contribution in [3.63, 3.8) is 0 Å². The van der Waals surface area contributed by atoms with Crippen LogP contribution in [0.3, 0.4) is 0 Å². The molecule has 0 saturated carbocycles. The van der Waals surface area contributed by atoms with Gasteiger partial charge in [0, 0.05) is 11.8 Å². The van der Waals surface area contributed by atoms with Crippen LogP contribution in [0.2, 0.25) is 5.02 Å². The molecule has 0 spiro atoms. The monoisotopic (exact) mass is 224 g/mol. The van der Waals surface area contributed by atoms with Gasteiger partial charge < -0.3 is 0 Å². The van der Waals surface area contributed by atoms with Crippen LogP contribution in [-0.4, -0.2) is 4.98 Å². The molecule has 75 valence electrons. The summed E-state index contributed by atoms with van der Waals surface area (Å²) in [6.45, 7) is 0. The summed E-state index contributed by atoms with van der Waals surface area (Å²) in [6, 6.07) is 5.09. The zero-order valence-corrected chi connectivity index (χ0v) is 8.22. The van der Waals surface area contributed by atoms with Crippen LogP contribution in [0, 0.1) is 17.8 Å². The molecular weight excluding hydrogens is 220 g/mol.